The number of carbonyl (C=O) groups is 1. The fourth-order valence-corrected chi connectivity index (χ4v) is 3.31. The Hall–Kier alpha value is -3.55. The maximum atomic E-state index is 12.3. The Kier molecular flexibility index (Phi) is 5.83. The lowest BCUT2D eigenvalue weighted by molar-refractivity contribution is 0.262. The first-order valence-corrected chi connectivity index (χ1v) is 9.69. The van der Waals surface area contributed by atoms with Gasteiger partial charge in [-0.1, -0.05) is 29.3 Å². The van der Waals surface area contributed by atoms with Crippen LogP contribution in [0, 0.1) is 0 Å². The zero-order chi connectivity index (χ0) is 20.9. The Bertz CT molecular complexity index is 1160. The number of carbonyl (C=O) groups excluding carboxylic acids is 1. The molecule has 4 rings (SSSR count). The fraction of sp³-hybridized carbons (Fsp3) is 0. The Morgan fingerprint density at radius 2 is 1.63 bits per heavy atom. The third-order valence-electron chi connectivity index (χ3n) is 4.03. The molecular formula is C21H16Cl2N6O. The smallest absolute Gasteiger partial charge is 0.323 e. The Balaban J connectivity index is 1.44. The molecule has 0 spiro atoms. The number of H-pyrrole nitrogens is 1. The highest BCUT2D eigenvalue weighted by Gasteiger charge is 2.07. The zero-order valence-corrected chi connectivity index (χ0v) is 17.0. The Morgan fingerprint density at radius 1 is 0.867 bits per heavy atom. The molecule has 2 amide bonds. The number of amides is 2. The molecule has 0 radical (unpaired) electrons. The van der Waals surface area contributed by atoms with E-state index in [-0.39, 0.29) is 0 Å². The van der Waals surface area contributed by atoms with Crippen LogP contribution in [0.4, 0.5) is 27.8 Å². The number of aromatic amines is 1. The third kappa shape index (κ3) is 5.08. The van der Waals surface area contributed by atoms with Crippen molar-refractivity contribution >= 4 is 52.2 Å². The minimum Gasteiger partial charge on any atom is -0.360 e. The summed E-state index contributed by atoms with van der Waals surface area (Å²) >= 11 is 11.9. The summed E-state index contributed by atoms with van der Waals surface area (Å²) < 4.78 is 0. The maximum Gasteiger partial charge on any atom is 0.323 e. The first-order valence-electron chi connectivity index (χ1n) is 8.93. The van der Waals surface area contributed by atoms with Crippen LogP contribution < -0.4 is 16.0 Å². The lowest BCUT2D eigenvalue weighted by Gasteiger charge is -2.10. The molecule has 0 aliphatic rings. The standard InChI is InChI=1S/C21H16Cl2N6O/c22-13-9-14(23)11-17(10-13)28-21(30)27-16-4-1-3-15(12-16)26-20-25-8-6-19(29-20)18-5-2-7-24-18/h1-12,24H,(H,25,26,29)(H2,27,28,30). The van der Waals surface area contributed by atoms with Crippen molar-refractivity contribution in [2.45, 2.75) is 0 Å². The summed E-state index contributed by atoms with van der Waals surface area (Å²) in [6.45, 7) is 0. The molecule has 0 bridgehead atoms. The predicted molar refractivity (Wildman–Crippen MR) is 121 cm³/mol. The van der Waals surface area contributed by atoms with E-state index in [1.54, 1.807) is 36.5 Å². The van der Waals surface area contributed by atoms with Gasteiger partial charge >= 0.3 is 6.03 Å². The highest BCUT2D eigenvalue weighted by molar-refractivity contribution is 6.35. The monoisotopic (exact) mass is 438 g/mol. The Labute approximate surface area is 182 Å². The van der Waals surface area contributed by atoms with E-state index in [0.29, 0.717) is 27.4 Å². The molecular weight excluding hydrogens is 423 g/mol. The molecule has 4 N–H and O–H groups in total. The van der Waals surface area contributed by atoms with Crippen molar-refractivity contribution in [2.24, 2.45) is 0 Å². The van der Waals surface area contributed by atoms with Crippen molar-refractivity contribution in [3.63, 3.8) is 0 Å². The lowest BCUT2D eigenvalue weighted by atomic mass is 10.2. The van der Waals surface area contributed by atoms with Gasteiger partial charge < -0.3 is 20.9 Å². The van der Waals surface area contributed by atoms with Crippen LogP contribution in [0.2, 0.25) is 10.0 Å². The molecule has 0 saturated heterocycles. The molecule has 7 nitrogen and oxygen atoms in total. The van der Waals surface area contributed by atoms with E-state index in [4.69, 9.17) is 23.2 Å². The van der Waals surface area contributed by atoms with Crippen molar-refractivity contribution < 1.29 is 4.79 Å². The van der Waals surface area contributed by atoms with Gasteiger partial charge in [-0.2, -0.15) is 0 Å². The number of nitrogens with zero attached hydrogens (tertiary/aromatic N) is 2. The summed E-state index contributed by atoms with van der Waals surface area (Å²) in [5.41, 5.74) is 3.47. The fourth-order valence-electron chi connectivity index (χ4n) is 2.78. The average Bonchev–Trinajstić information content (AvgIpc) is 3.22. The quantitative estimate of drug-likeness (QED) is 0.299. The van der Waals surface area contributed by atoms with Crippen LogP contribution in [0.25, 0.3) is 11.4 Å². The molecule has 0 fully saturated rings. The van der Waals surface area contributed by atoms with Gasteiger partial charge in [0.1, 0.15) is 0 Å². The number of aromatic nitrogens is 3. The summed E-state index contributed by atoms with van der Waals surface area (Å²) in [4.78, 5) is 24.1. The minimum atomic E-state index is -0.421. The zero-order valence-electron chi connectivity index (χ0n) is 15.5. The predicted octanol–water partition coefficient (Wildman–Crippen LogP) is 6.17. The number of urea groups is 1. The van der Waals surface area contributed by atoms with E-state index in [0.717, 1.165) is 17.1 Å². The number of hydrogen-bond acceptors (Lipinski definition) is 4. The first-order chi connectivity index (χ1) is 14.5. The number of anilines is 4. The number of benzene rings is 2. The van der Waals surface area contributed by atoms with Crippen LogP contribution in [-0.4, -0.2) is 21.0 Å². The molecule has 0 atom stereocenters. The highest BCUT2D eigenvalue weighted by Crippen LogP contribution is 2.23. The van der Waals surface area contributed by atoms with Crippen molar-refractivity contribution in [3.05, 3.63) is 83.1 Å². The van der Waals surface area contributed by atoms with Gasteiger partial charge in [-0.3, -0.25) is 0 Å². The van der Waals surface area contributed by atoms with Crippen LogP contribution in [0.1, 0.15) is 0 Å². The summed E-state index contributed by atoms with van der Waals surface area (Å²) in [5.74, 6) is 0.442. The number of halogens is 2. The van der Waals surface area contributed by atoms with Crippen molar-refractivity contribution in [3.8, 4) is 11.4 Å². The second-order valence-electron chi connectivity index (χ2n) is 6.29. The normalized spacial score (nSPS) is 10.5. The van der Waals surface area contributed by atoms with Gasteiger partial charge in [0, 0.05) is 39.5 Å². The van der Waals surface area contributed by atoms with Gasteiger partial charge in [-0.15, -0.1) is 0 Å². The van der Waals surface area contributed by atoms with Crippen molar-refractivity contribution in [1.29, 1.82) is 0 Å². The van der Waals surface area contributed by atoms with Gasteiger partial charge in [-0.25, -0.2) is 14.8 Å². The Morgan fingerprint density at radius 3 is 2.40 bits per heavy atom. The molecule has 4 aromatic rings. The summed E-state index contributed by atoms with van der Waals surface area (Å²) in [7, 11) is 0. The largest absolute Gasteiger partial charge is 0.360 e. The molecule has 2 heterocycles. The van der Waals surface area contributed by atoms with Gasteiger partial charge in [0.05, 0.1) is 11.4 Å². The van der Waals surface area contributed by atoms with E-state index in [1.165, 1.54) is 0 Å². The van der Waals surface area contributed by atoms with E-state index < -0.39 is 6.03 Å². The van der Waals surface area contributed by atoms with E-state index >= 15 is 0 Å². The van der Waals surface area contributed by atoms with Gasteiger partial charge in [0.2, 0.25) is 5.95 Å². The molecule has 0 aliphatic carbocycles. The first kappa shape index (κ1) is 19.8. The molecule has 2 aromatic carbocycles. The van der Waals surface area contributed by atoms with Crippen LogP contribution >= 0.6 is 23.2 Å². The summed E-state index contributed by atoms with van der Waals surface area (Å²) in [6, 6.07) is 17.3. The van der Waals surface area contributed by atoms with E-state index in [2.05, 4.69) is 30.9 Å². The van der Waals surface area contributed by atoms with Gasteiger partial charge in [0.25, 0.3) is 0 Å². The van der Waals surface area contributed by atoms with Gasteiger partial charge in [0.15, 0.2) is 0 Å². The third-order valence-corrected chi connectivity index (χ3v) is 4.46. The van der Waals surface area contributed by atoms with Gasteiger partial charge in [-0.05, 0) is 54.6 Å². The van der Waals surface area contributed by atoms with Crippen LogP contribution in [0.5, 0.6) is 0 Å². The number of nitrogens with one attached hydrogen (secondary N) is 4. The summed E-state index contributed by atoms with van der Waals surface area (Å²) in [5, 5.41) is 9.48. The molecule has 0 saturated carbocycles. The van der Waals surface area contributed by atoms with E-state index in [1.807, 2.05) is 36.5 Å². The second-order valence-corrected chi connectivity index (χ2v) is 7.17. The number of rotatable bonds is 5. The maximum absolute atomic E-state index is 12.3. The van der Waals surface area contributed by atoms with Crippen LogP contribution in [0.15, 0.2) is 73.1 Å². The molecule has 0 unspecified atom stereocenters. The number of hydrogen-bond donors (Lipinski definition) is 4. The molecule has 0 aliphatic heterocycles. The second kappa shape index (κ2) is 8.86. The SMILES string of the molecule is O=C(Nc1cc(Cl)cc(Cl)c1)Nc1cccc(Nc2nccc(-c3ccc[nH]3)n2)c1. The molecule has 9 heteroatoms. The van der Waals surface area contributed by atoms with Crippen LogP contribution in [0.3, 0.4) is 0 Å². The molecule has 2 aromatic heterocycles. The van der Waals surface area contributed by atoms with Crippen LogP contribution in [-0.2, 0) is 0 Å². The average molecular weight is 439 g/mol. The van der Waals surface area contributed by atoms with Crippen molar-refractivity contribution in [1.82, 2.24) is 15.0 Å². The molecule has 30 heavy (non-hydrogen) atoms. The van der Waals surface area contributed by atoms with Crippen molar-refractivity contribution in [2.75, 3.05) is 16.0 Å². The minimum absolute atomic E-state index is 0.421. The topological polar surface area (TPSA) is 94.7 Å². The highest BCUT2D eigenvalue weighted by atomic mass is 35.5. The van der Waals surface area contributed by atoms with E-state index in [9.17, 15) is 4.79 Å². The lowest BCUT2D eigenvalue weighted by Crippen LogP contribution is -2.19. The summed E-state index contributed by atoms with van der Waals surface area (Å²) in [6.07, 6.45) is 3.51. The molecule has 150 valence electrons.